The number of allylic oxidation sites excluding steroid dienone is 2. The molecule has 2 heterocycles. The van der Waals surface area contributed by atoms with E-state index in [0.717, 1.165) is 78.0 Å². The van der Waals surface area contributed by atoms with Gasteiger partial charge in [0, 0.05) is 30.5 Å². The molecule has 1 aromatic heterocycles. The lowest BCUT2D eigenvalue weighted by molar-refractivity contribution is 0.239. The molecule has 1 N–H and O–H groups in total. The smallest absolute Gasteiger partial charge is 0.148 e. The number of aliphatic imine (C=N–C) groups is 1. The minimum atomic E-state index is 0.466. The first-order chi connectivity index (χ1) is 15.4. The van der Waals surface area contributed by atoms with E-state index in [-0.39, 0.29) is 0 Å². The van der Waals surface area contributed by atoms with Crippen LogP contribution < -0.4 is 0 Å². The average molecular weight is 438 g/mol. The van der Waals surface area contributed by atoms with E-state index < -0.39 is 0 Å². The number of likely N-dealkylation sites (tertiary alicyclic amines) is 1. The van der Waals surface area contributed by atoms with Gasteiger partial charge < -0.3 is 14.5 Å². The molecule has 1 aromatic carbocycles. The summed E-state index contributed by atoms with van der Waals surface area (Å²) in [6.45, 7) is 16.7. The predicted molar refractivity (Wildman–Crippen MR) is 135 cm³/mol. The van der Waals surface area contributed by atoms with Gasteiger partial charge in [-0.25, -0.2) is 4.99 Å². The molecule has 1 saturated heterocycles. The highest BCUT2D eigenvalue weighted by Gasteiger charge is 2.25. The molecule has 174 valence electrons. The highest BCUT2D eigenvalue weighted by atomic mass is 16.5. The van der Waals surface area contributed by atoms with Crippen LogP contribution in [0, 0.1) is 12.8 Å². The molecule has 1 fully saturated rings. The third kappa shape index (κ3) is 5.07. The second-order valence-electron chi connectivity index (χ2n) is 8.69. The predicted octanol–water partition coefficient (Wildman–Crippen LogP) is 5.23. The number of ether oxygens (including phenoxy) is 1. The van der Waals surface area contributed by atoms with E-state index >= 15 is 0 Å². The molecule has 6 nitrogen and oxygen atoms in total. The molecular formula is C26H39N5O. The van der Waals surface area contributed by atoms with Crippen molar-refractivity contribution in [1.29, 1.82) is 0 Å². The number of benzene rings is 1. The van der Waals surface area contributed by atoms with E-state index in [1.807, 2.05) is 13.1 Å². The lowest BCUT2D eigenvalue weighted by Gasteiger charge is -2.33. The summed E-state index contributed by atoms with van der Waals surface area (Å²) in [4.78, 5) is 9.96. The quantitative estimate of drug-likeness (QED) is 0.266. The SMILES string of the molecule is C=C(/C(OCC)=C(CC)/N=C(/C1CCN(C)CC1)N(C)CC)c1c(C)ccc2[nH]ncc12. The number of rotatable bonds is 8. The average Bonchev–Trinajstić information content (AvgIpc) is 3.27. The molecule has 0 unspecified atom stereocenters. The van der Waals surface area contributed by atoms with Crippen molar-refractivity contribution in [2.75, 3.05) is 40.3 Å². The number of aromatic amines is 1. The van der Waals surface area contributed by atoms with Gasteiger partial charge in [0.05, 0.1) is 24.0 Å². The molecule has 0 amide bonds. The molecule has 3 rings (SSSR count). The van der Waals surface area contributed by atoms with Crippen LogP contribution in [-0.2, 0) is 4.74 Å². The number of aryl methyl sites for hydroxylation is 1. The minimum Gasteiger partial charge on any atom is -0.491 e. The van der Waals surface area contributed by atoms with Crippen LogP contribution in [0.5, 0.6) is 0 Å². The number of nitrogens with one attached hydrogen (secondary N) is 1. The van der Waals surface area contributed by atoms with Crippen LogP contribution in [0.4, 0.5) is 0 Å². The van der Waals surface area contributed by atoms with Crippen LogP contribution in [0.25, 0.3) is 16.5 Å². The Balaban J connectivity index is 2.10. The molecule has 0 saturated carbocycles. The zero-order chi connectivity index (χ0) is 23.3. The van der Waals surface area contributed by atoms with Crippen LogP contribution in [0.2, 0.25) is 0 Å². The largest absolute Gasteiger partial charge is 0.491 e. The standard InChI is InChI=1S/C26H39N5O/c1-8-22(28-26(31(7)9-2)20-13-15-30(6)16-14-20)25(32-10-3)19(5)24-18(4)11-12-23-21(24)17-27-29-23/h11-12,17,20H,5,8-10,13-16H2,1-4,6-7H3,(H,27,29)/b25-22-,28-26-. The molecule has 6 heteroatoms. The number of hydrogen-bond donors (Lipinski definition) is 1. The van der Waals surface area contributed by atoms with Gasteiger partial charge in [-0.1, -0.05) is 19.6 Å². The van der Waals surface area contributed by atoms with Crippen molar-refractivity contribution in [3.63, 3.8) is 0 Å². The molecule has 0 atom stereocenters. The number of amidine groups is 1. The van der Waals surface area contributed by atoms with Gasteiger partial charge in [0.1, 0.15) is 11.6 Å². The van der Waals surface area contributed by atoms with E-state index in [1.165, 1.54) is 5.84 Å². The van der Waals surface area contributed by atoms with Crippen molar-refractivity contribution in [3.05, 3.63) is 47.5 Å². The maximum Gasteiger partial charge on any atom is 0.148 e. The Labute approximate surface area is 193 Å². The Morgan fingerprint density at radius 3 is 2.62 bits per heavy atom. The molecule has 0 spiro atoms. The van der Waals surface area contributed by atoms with Gasteiger partial charge in [-0.2, -0.15) is 5.10 Å². The first-order valence-corrected chi connectivity index (χ1v) is 11.9. The maximum atomic E-state index is 6.23. The normalized spacial score (nSPS) is 16.9. The molecule has 1 aliphatic heterocycles. The topological polar surface area (TPSA) is 56.8 Å². The summed E-state index contributed by atoms with van der Waals surface area (Å²) >= 11 is 0. The molecule has 0 bridgehead atoms. The highest BCUT2D eigenvalue weighted by molar-refractivity contribution is 5.96. The van der Waals surface area contributed by atoms with Crippen LogP contribution >= 0.6 is 0 Å². The fourth-order valence-electron chi connectivity index (χ4n) is 4.48. The maximum absolute atomic E-state index is 6.23. The van der Waals surface area contributed by atoms with Crippen molar-refractivity contribution in [2.24, 2.45) is 10.9 Å². The van der Waals surface area contributed by atoms with Crippen LogP contribution in [0.3, 0.4) is 0 Å². The van der Waals surface area contributed by atoms with Crippen molar-refractivity contribution >= 4 is 22.3 Å². The Hall–Kier alpha value is -2.60. The summed E-state index contributed by atoms with van der Waals surface area (Å²) in [5.74, 6) is 2.43. The van der Waals surface area contributed by atoms with Gasteiger partial charge in [0.2, 0.25) is 0 Å². The van der Waals surface area contributed by atoms with Crippen LogP contribution in [0.15, 0.2) is 41.4 Å². The first kappa shape index (κ1) is 24.1. The lowest BCUT2D eigenvalue weighted by Crippen LogP contribution is -2.40. The number of nitrogens with zero attached hydrogens (tertiary/aromatic N) is 4. The molecule has 0 aliphatic carbocycles. The summed E-state index contributed by atoms with van der Waals surface area (Å²) in [6, 6.07) is 4.17. The van der Waals surface area contributed by atoms with Gasteiger partial charge in [-0.05, 0) is 77.4 Å². The number of fused-ring (bicyclic) bond motifs is 1. The summed E-state index contributed by atoms with van der Waals surface area (Å²) in [6.07, 6.45) is 4.92. The Morgan fingerprint density at radius 1 is 1.28 bits per heavy atom. The van der Waals surface area contributed by atoms with E-state index in [2.05, 4.69) is 73.6 Å². The Bertz CT molecular complexity index is 995. The molecular weight excluding hydrogens is 398 g/mol. The number of aromatic nitrogens is 2. The van der Waals surface area contributed by atoms with Crippen LogP contribution in [-0.4, -0.2) is 66.2 Å². The summed E-state index contributed by atoms with van der Waals surface area (Å²) in [5, 5.41) is 8.38. The zero-order valence-electron chi connectivity index (χ0n) is 20.7. The number of piperidine rings is 1. The molecule has 1 aliphatic rings. The summed E-state index contributed by atoms with van der Waals surface area (Å²) in [5.41, 5.74) is 5.07. The Kier molecular flexibility index (Phi) is 8.13. The fourth-order valence-corrected chi connectivity index (χ4v) is 4.48. The van der Waals surface area contributed by atoms with Crippen molar-refractivity contribution in [2.45, 2.75) is 47.0 Å². The second kappa shape index (κ2) is 10.8. The monoisotopic (exact) mass is 437 g/mol. The second-order valence-corrected chi connectivity index (χ2v) is 8.69. The van der Waals surface area contributed by atoms with Gasteiger partial charge >= 0.3 is 0 Å². The fraction of sp³-hybridized carbons (Fsp3) is 0.538. The number of H-pyrrole nitrogens is 1. The summed E-state index contributed by atoms with van der Waals surface area (Å²) < 4.78 is 6.23. The van der Waals surface area contributed by atoms with Crippen molar-refractivity contribution in [3.8, 4) is 0 Å². The van der Waals surface area contributed by atoms with Crippen molar-refractivity contribution < 1.29 is 4.74 Å². The molecule has 32 heavy (non-hydrogen) atoms. The summed E-state index contributed by atoms with van der Waals surface area (Å²) in [7, 11) is 4.35. The minimum absolute atomic E-state index is 0.466. The van der Waals surface area contributed by atoms with E-state index in [1.54, 1.807) is 0 Å². The molecule has 2 aromatic rings. The van der Waals surface area contributed by atoms with E-state index in [4.69, 9.17) is 9.73 Å². The van der Waals surface area contributed by atoms with E-state index in [9.17, 15) is 0 Å². The highest BCUT2D eigenvalue weighted by Crippen LogP contribution is 2.34. The molecule has 0 radical (unpaired) electrons. The van der Waals surface area contributed by atoms with Crippen LogP contribution in [0.1, 0.15) is 51.2 Å². The third-order valence-electron chi connectivity index (χ3n) is 6.49. The Morgan fingerprint density at radius 2 is 2.00 bits per heavy atom. The number of hydrogen-bond acceptors (Lipinski definition) is 4. The first-order valence-electron chi connectivity index (χ1n) is 11.9. The zero-order valence-corrected chi connectivity index (χ0v) is 20.7. The van der Waals surface area contributed by atoms with Gasteiger partial charge in [-0.15, -0.1) is 0 Å². The van der Waals surface area contributed by atoms with Crippen molar-refractivity contribution in [1.82, 2.24) is 20.0 Å². The van der Waals surface area contributed by atoms with E-state index in [0.29, 0.717) is 12.5 Å². The van der Waals surface area contributed by atoms with Gasteiger partial charge in [-0.3, -0.25) is 5.10 Å². The van der Waals surface area contributed by atoms with Gasteiger partial charge in [0.15, 0.2) is 0 Å². The van der Waals surface area contributed by atoms with Gasteiger partial charge in [0.25, 0.3) is 0 Å². The third-order valence-corrected chi connectivity index (χ3v) is 6.49. The lowest BCUT2D eigenvalue weighted by atomic mass is 9.94.